The van der Waals surface area contributed by atoms with E-state index in [1.165, 1.54) is 19.2 Å². The smallest absolute Gasteiger partial charge is 0.341 e. The number of ether oxygens (including phenoxy) is 1. The number of carbonyl (C=O) groups is 1. The van der Waals surface area contributed by atoms with Gasteiger partial charge in [-0.25, -0.2) is 13.6 Å². The number of methoxy groups -OCH3 is 1. The van der Waals surface area contributed by atoms with Gasteiger partial charge in [0.25, 0.3) is 6.43 Å². The molecule has 0 bridgehead atoms. The van der Waals surface area contributed by atoms with Crippen molar-refractivity contribution in [2.45, 2.75) is 11.8 Å². The fourth-order valence-electron chi connectivity index (χ4n) is 1.61. The van der Waals surface area contributed by atoms with Crippen LogP contribution in [0.5, 0.6) is 0 Å². The molecule has 0 aliphatic heterocycles. The van der Waals surface area contributed by atoms with Gasteiger partial charge in [-0.3, -0.25) is 0 Å². The number of benzene rings is 1. The minimum atomic E-state index is -2.74. The summed E-state index contributed by atoms with van der Waals surface area (Å²) in [6, 6.07) is 6.14. The lowest BCUT2D eigenvalue weighted by atomic mass is 10.1. The molecule has 1 heterocycles. The lowest BCUT2D eigenvalue weighted by Crippen LogP contribution is -2.01. The summed E-state index contributed by atoms with van der Waals surface area (Å²) in [4.78, 5) is 11.5. The van der Waals surface area contributed by atoms with E-state index in [1.807, 2.05) is 0 Å². The largest absolute Gasteiger partial charge is 0.465 e. The summed E-state index contributed by atoms with van der Waals surface area (Å²) in [6.07, 6.45) is -2.74. The summed E-state index contributed by atoms with van der Waals surface area (Å²) in [5.74, 6) is -0.664. The number of para-hydroxylation sites is 1. The van der Waals surface area contributed by atoms with Crippen LogP contribution in [0.1, 0.15) is 21.5 Å². The molecule has 0 aliphatic rings. The Morgan fingerprint density at radius 3 is 2.78 bits per heavy atom. The molecule has 0 amide bonds. The van der Waals surface area contributed by atoms with Crippen molar-refractivity contribution < 1.29 is 22.7 Å². The van der Waals surface area contributed by atoms with Crippen LogP contribution >= 0.6 is 11.6 Å². The van der Waals surface area contributed by atoms with Crippen LogP contribution in [-0.4, -0.2) is 19.5 Å². The van der Waals surface area contributed by atoms with Crippen molar-refractivity contribution >= 4 is 28.5 Å². The van der Waals surface area contributed by atoms with Gasteiger partial charge in [-0.1, -0.05) is 12.1 Å². The SMILES string of the molecule is COC(=O)c1cccc2cc(C(Cl)C(F)F)oc12. The third-order valence-corrected chi connectivity index (χ3v) is 2.87. The molecule has 2 rings (SSSR count). The highest BCUT2D eigenvalue weighted by Crippen LogP contribution is 2.33. The maximum Gasteiger partial charge on any atom is 0.341 e. The fourth-order valence-corrected chi connectivity index (χ4v) is 1.72. The number of alkyl halides is 3. The Kier molecular flexibility index (Phi) is 3.52. The summed E-state index contributed by atoms with van der Waals surface area (Å²) in [5.41, 5.74) is 0.380. The third kappa shape index (κ3) is 2.18. The van der Waals surface area contributed by atoms with Crippen LogP contribution in [-0.2, 0) is 4.74 Å². The molecule has 1 unspecified atom stereocenters. The second kappa shape index (κ2) is 4.94. The standard InChI is InChI=1S/C12H9ClF2O3/c1-17-12(16)7-4-2-3-6-5-8(18-10(6)7)9(13)11(14)15/h2-5,9,11H,1H3. The van der Waals surface area contributed by atoms with Crippen LogP contribution in [0.15, 0.2) is 28.7 Å². The van der Waals surface area contributed by atoms with Gasteiger partial charge in [0, 0.05) is 5.39 Å². The van der Waals surface area contributed by atoms with E-state index in [2.05, 4.69) is 4.74 Å². The summed E-state index contributed by atoms with van der Waals surface area (Å²) >= 11 is 5.52. The van der Waals surface area contributed by atoms with Crippen LogP contribution in [0.4, 0.5) is 8.78 Å². The molecule has 2 aromatic rings. The summed E-state index contributed by atoms with van der Waals surface area (Å²) < 4.78 is 34.8. The van der Waals surface area contributed by atoms with E-state index >= 15 is 0 Å². The summed E-state index contributed by atoms with van der Waals surface area (Å²) in [7, 11) is 1.23. The lowest BCUT2D eigenvalue weighted by molar-refractivity contribution is 0.0601. The maximum atomic E-state index is 12.5. The predicted octanol–water partition coefficient (Wildman–Crippen LogP) is 3.76. The van der Waals surface area contributed by atoms with Crippen molar-refractivity contribution in [1.29, 1.82) is 0 Å². The molecule has 6 heteroatoms. The molecule has 0 radical (unpaired) electrons. The number of rotatable bonds is 3. The molecule has 0 N–H and O–H groups in total. The molecular formula is C12H9ClF2O3. The van der Waals surface area contributed by atoms with E-state index in [-0.39, 0.29) is 16.9 Å². The van der Waals surface area contributed by atoms with Gasteiger partial charge in [0.2, 0.25) is 0 Å². The van der Waals surface area contributed by atoms with E-state index in [0.717, 1.165) is 0 Å². The van der Waals surface area contributed by atoms with Gasteiger partial charge < -0.3 is 9.15 Å². The van der Waals surface area contributed by atoms with Crippen molar-refractivity contribution in [1.82, 2.24) is 0 Å². The normalized spacial score (nSPS) is 12.9. The number of halogens is 3. The van der Waals surface area contributed by atoms with E-state index in [0.29, 0.717) is 5.39 Å². The van der Waals surface area contributed by atoms with E-state index in [1.54, 1.807) is 12.1 Å². The fraction of sp³-hybridized carbons (Fsp3) is 0.250. The topological polar surface area (TPSA) is 39.4 Å². The zero-order chi connectivity index (χ0) is 13.3. The van der Waals surface area contributed by atoms with Crippen LogP contribution in [0, 0.1) is 0 Å². The average molecular weight is 275 g/mol. The van der Waals surface area contributed by atoms with Crippen molar-refractivity contribution in [3.63, 3.8) is 0 Å². The Morgan fingerprint density at radius 2 is 2.17 bits per heavy atom. The Balaban J connectivity index is 2.54. The Bertz CT molecular complexity index is 580. The van der Waals surface area contributed by atoms with Gasteiger partial charge in [0.05, 0.1) is 7.11 Å². The number of fused-ring (bicyclic) bond motifs is 1. The molecule has 0 spiro atoms. The number of furan rings is 1. The molecule has 96 valence electrons. The highest BCUT2D eigenvalue weighted by atomic mass is 35.5. The van der Waals surface area contributed by atoms with Gasteiger partial charge in [0.15, 0.2) is 5.38 Å². The van der Waals surface area contributed by atoms with Crippen LogP contribution in [0.3, 0.4) is 0 Å². The van der Waals surface area contributed by atoms with Gasteiger partial charge in [-0.15, -0.1) is 11.6 Å². The monoisotopic (exact) mass is 274 g/mol. The number of carbonyl (C=O) groups excluding carboxylic acids is 1. The molecule has 0 saturated heterocycles. The molecule has 3 nitrogen and oxygen atoms in total. The molecule has 0 fully saturated rings. The van der Waals surface area contributed by atoms with E-state index in [9.17, 15) is 13.6 Å². The Labute approximate surface area is 106 Å². The average Bonchev–Trinajstić information content (AvgIpc) is 2.80. The predicted molar refractivity (Wildman–Crippen MR) is 62.2 cm³/mol. The first-order chi connectivity index (χ1) is 8.54. The summed E-state index contributed by atoms with van der Waals surface area (Å²) in [5, 5.41) is -1.01. The first-order valence-corrected chi connectivity index (χ1v) is 5.51. The van der Waals surface area contributed by atoms with Gasteiger partial charge in [0.1, 0.15) is 16.9 Å². The number of esters is 1. The maximum absolute atomic E-state index is 12.5. The molecule has 0 aliphatic carbocycles. The molecular weight excluding hydrogens is 266 g/mol. The second-order valence-electron chi connectivity index (χ2n) is 3.60. The van der Waals surface area contributed by atoms with Gasteiger partial charge in [-0.05, 0) is 12.1 Å². The third-order valence-electron chi connectivity index (χ3n) is 2.46. The Hall–Kier alpha value is -1.62. The zero-order valence-corrected chi connectivity index (χ0v) is 10.1. The van der Waals surface area contributed by atoms with Crippen molar-refractivity contribution in [3.05, 3.63) is 35.6 Å². The number of hydrogen-bond donors (Lipinski definition) is 0. The number of hydrogen-bond acceptors (Lipinski definition) is 3. The minimum absolute atomic E-state index is 0.0713. The van der Waals surface area contributed by atoms with Crippen molar-refractivity contribution in [2.24, 2.45) is 0 Å². The van der Waals surface area contributed by atoms with Crippen molar-refractivity contribution in [3.8, 4) is 0 Å². The van der Waals surface area contributed by atoms with Gasteiger partial charge >= 0.3 is 5.97 Å². The first-order valence-electron chi connectivity index (χ1n) is 5.07. The van der Waals surface area contributed by atoms with Crippen molar-refractivity contribution in [2.75, 3.05) is 7.11 Å². The van der Waals surface area contributed by atoms with Crippen LogP contribution in [0.25, 0.3) is 11.0 Å². The molecule has 0 saturated carbocycles. The Morgan fingerprint density at radius 1 is 1.44 bits per heavy atom. The molecule has 18 heavy (non-hydrogen) atoms. The quantitative estimate of drug-likeness (QED) is 0.632. The second-order valence-corrected chi connectivity index (χ2v) is 4.07. The molecule has 1 aromatic heterocycles. The molecule has 1 atom stereocenters. The van der Waals surface area contributed by atoms with Crippen LogP contribution < -0.4 is 0 Å². The minimum Gasteiger partial charge on any atom is -0.465 e. The highest BCUT2D eigenvalue weighted by molar-refractivity contribution is 6.21. The van der Waals surface area contributed by atoms with Gasteiger partial charge in [-0.2, -0.15) is 0 Å². The highest BCUT2D eigenvalue weighted by Gasteiger charge is 2.24. The zero-order valence-electron chi connectivity index (χ0n) is 9.32. The lowest BCUT2D eigenvalue weighted by Gasteiger charge is -2.03. The first kappa shape index (κ1) is 12.8. The summed E-state index contributed by atoms with van der Waals surface area (Å²) in [6.45, 7) is 0. The molecule has 1 aromatic carbocycles. The van der Waals surface area contributed by atoms with Crippen LogP contribution in [0.2, 0.25) is 0 Å². The van der Waals surface area contributed by atoms with E-state index in [4.69, 9.17) is 16.0 Å². The van der Waals surface area contributed by atoms with E-state index < -0.39 is 17.8 Å².